The highest BCUT2D eigenvalue weighted by atomic mass is 16.5. The maximum atomic E-state index is 9.99. The van der Waals surface area contributed by atoms with Gasteiger partial charge in [0.1, 0.15) is 5.75 Å². The van der Waals surface area contributed by atoms with Gasteiger partial charge >= 0.3 is 0 Å². The predicted octanol–water partition coefficient (Wildman–Crippen LogP) is 1.68. The molecule has 1 aromatic rings. The molecule has 1 aromatic carbocycles. The summed E-state index contributed by atoms with van der Waals surface area (Å²) in [6.07, 6.45) is 0.230. The van der Waals surface area contributed by atoms with Crippen LogP contribution in [0.4, 0.5) is 0 Å². The Bertz CT molecular complexity index is 417. The van der Waals surface area contributed by atoms with Crippen molar-refractivity contribution in [1.29, 1.82) is 0 Å². The third kappa shape index (κ3) is 3.69. The lowest BCUT2D eigenvalue weighted by Gasteiger charge is -2.32. The lowest BCUT2D eigenvalue weighted by molar-refractivity contribution is 0.00378. The van der Waals surface area contributed by atoms with E-state index in [0.29, 0.717) is 5.75 Å². The number of nitrogens with zero attached hydrogens (tertiary/aromatic N) is 1. The number of nitrogens with one attached hydrogen (secondary N) is 1. The fraction of sp³-hybridized carbons (Fsp3) is 0.600. The average molecular weight is 264 g/mol. The summed E-state index contributed by atoms with van der Waals surface area (Å²) < 4.78 is 5.72. The van der Waals surface area contributed by atoms with Crippen LogP contribution >= 0.6 is 0 Å². The molecule has 1 aliphatic heterocycles. The van der Waals surface area contributed by atoms with Crippen LogP contribution in [0, 0.1) is 6.92 Å². The van der Waals surface area contributed by atoms with E-state index in [4.69, 9.17) is 4.74 Å². The molecule has 19 heavy (non-hydrogen) atoms. The van der Waals surface area contributed by atoms with Gasteiger partial charge in [0, 0.05) is 31.2 Å². The first kappa shape index (κ1) is 14.3. The zero-order valence-electron chi connectivity index (χ0n) is 12.0. The van der Waals surface area contributed by atoms with Crippen molar-refractivity contribution in [2.24, 2.45) is 0 Å². The van der Waals surface area contributed by atoms with Gasteiger partial charge in [0.25, 0.3) is 0 Å². The van der Waals surface area contributed by atoms with Crippen LogP contribution in [0.15, 0.2) is 18.2 Å². The minimum atomic E-state index is 0.172. The summed E-state index contributed by atoms with van der Waals surface area (Å²) >= 11 is 0. The minimum Gasteiger partial charge on any atom is -0.508 e. The van der Waals surface area contributed by atoms with Crippen LogP contribution in [-0.4, -0.2) is 49.4 Å². The summed E-state index contributed by atoms with van der Waals surface area (Å²) in [6, 6.07) is 5.93. The Morgan fingerprint density at radius 2 is 2.32 bits per heavy atom. The first-order chi connectivity index (χ1) is 9.08. The molecule has 106 valence electrons. The van der Waals surface area contributed by atoms with Crippen LogP contribution in [0.1, 0.15) is 24.1 Å². The summed E-state index contributed by atoms with van der Waals surface area (Å²) in [5.41, 5.74) is 2.15. The first-order valence-electron chi connectivity index (χ1n) is 6.90. The number of hydrogen-bond acceptors (Lipinski definition) is 4. The number of ether oxygens (including phenoxy) is 1. The van der Waals surface area contributed by atoms with Gasteiger partial charge in [0.05, 0.1) is 12.7 Å². The molecule has 2 unspecified atom stereocenters. The van der Waals surface area contributed by atoms with Gasteiger partial charge in [0.15, 0.2) is 0 Å². The van der Waals surface area contributed by atoms with Crippen molar-refractivity contribution < 1.29 is 9.84 Å². The molecular weight excluding hydrogens is 240 g/mol. The molecule has 1 aliphatic rings. The van der Waals surface area contributed by atoms with Gasteiger partial charge in [-0.25, -0.2) is 0 Å². The Kier molecular flexibility index (Phi) is 4.80. The molecule has 2 atom stereocenters. The highest BCUT2D eigenvalue weighted by Crippen LogP contribution is 2.28. The van der Waals surface area contributed by atoms with E-state index >= 15 is 0 Å². The van der Waals surface area contributed by atoms with Gasteiger partial charge in [-0.3, -0.25) is 4.90 Å². The molecule has 0 spiro atoms. The van der Waals surface area contributed by atoms with E-state index in [-0.39, 0.29) is 12.1 Å². The smallest absolute Gasteiger partial charge is 0.120 e. The molecule has 4 nitrogen and oxygen atoms in total. The number of morpholine rings is 1. The lowest BCUT2D eigenvalue weighted by atomic mass is 10.0. The van der Waals surface area contributed by atoms with Crippen LogP contribution in [0.3, 0.4) is 0 Å². The van der Waals surface area contributed by atoms with Crippen molar-refractivity contribution in [2.45, 2.75) is 26.0 Å². The average Bonchev–Trinajstić information content (AvgIpc) is 2.42. The molecule has 0 aliphatic carbocycles. The van der Waals surface area contributed by atoms with Crippen LogP contribution in [0.25, 0.3) is 0 Å². The Hall–Kier alpha value is -1.10. The van der Waals surface area contributed by atoms with Crippen LogP contribution in [-0.2, 0) is 4.74 Å². The van der Waals surface area contributed by atoms with Crippen molar-refractivity contribution in [2.75, 3.05) is 33.3 Å². The highest BCUT2D eigenvalue weighted by molar-refractivity contribution is 5.37. The SMILES string of the molecule is Cc1ccc(O)c(C(C)N(C)CC2CNCCO2)c1. The molecule has 0 bridgehead atoms. The number of likely N-dealkylation sites (N-methyl/N-ethyl adjacent to an activating group) is 1. The Morgan fingerprint density at radius 1 is 1.53 bits per heavy atom. The Balaban J connectivity index is 2.01. The summed E-state index contributed by atoms with van der Waals surface area (Å²) in [6.45, 7) is 7.64. The fourth-order valence-electron chi connectivity index (χ4n) is 2.46. The summed E-state index contributed by atoms with van der Waals surface area (Å²) in [5.74, 6) is 0.368. The lowest BCUT2D eigenvalue weighted by Crippen LogP contribution is -2.44. The van der Waals surface area contributed by atoms with E-state index in [9.17, 15) is 5.11 Å². The van der Waals surface area contributed by atoms with Crippen LogP contribution in [0.2, 0.25) is 0 Å². The van der Waals surface area contributed by atoms with Gasteiger partial charge in [0.2, 0.25) is 0 Å². The number of aryl methyl sites for hydroxylation is 1. The van der Waals surface area contributed by atoms with Crippen LogP contribution in [0.5, 0.6) is 5.75 Å². The Labute approximate surface area is 115 Å². The van der Waals surface area contributed by atoms with E-state index in [2.05, 4.69) is 30.3 Å². The van der Waals surface area contributed by atoms with E-state index in [1.54, 1.807) is 6.07 Å². The molecule has 4 heteroatoms. The van der Waals surface area contributed by atoms with Crippen LogP contribution < -0.4 is 5.32 Å². The molecule has 1 saturated heterocycles. The van der Waals surface area contributed by atoms with Gasteiger partial charge in [-0.05, 0) is 27.0 Å². The first-order valence-corrected chi connectivity index (χ1v) is 6.90. The molecule has 2 rings (SSSR count). The molecule has 0 saturated carbocycles. The van der Waals surface area contributed by atoms with Gasteiger partial charge < -0.3 is 15.2 Å². The molecule has 0 aromatic heterocycles. The van der Waals surface area contributed by atoms with Crippen molar-refractivity contribution >= 4 is 0 Å². The molecule has 0 radical (unpaired) electrons. The third-order valence-electron chi connectivity index (χ3n) is 3.79. The normalized spacial score (nSPS) is 21.6. The predicted molar refractivity (Wildman–Crippen MR) is 76.5 cm³/mol. The fourth-order valence-corrected chi connectivity index (χ4v) is 2.46. The second kappa shape index (κ2) is 6.37. The zero-order valence-corrected chi connectivity index (χ0v) is 12.0. The second-order valence-corrected chi connectivity index (χ2v) is 5.37. The van der Waals surface area contributed by atoms with E-state index in [0.717, 1.165) is 31.8 Å². The van der Waals surface area contributed by atoms with E-state index in [1.807, 2.05) is 13.0 Å². The molecular formula is C15H24N2O2. The molecule has 1 fully saturated rings. The maximum Gasteiger partial charge on any atom is 0.120 e. The summed E-state index contributed by atoms with van der Waals surface area (Å²) in [5, 5.41) is 13.3. The van der Waals surface area contributed by atoms with Crippen molar-refractivity contribution in [1.82, 2.24) is 10.2 Å². The summed E-state index contributed by atoms with van der Waals surface area (Å²) in [7, 11) is 2.07. The molecule has 1 heterocycles. The number of aromatic hydroxyl groups is 1. The zero-order chi connectivity index (χ0) is 13.8. The topological polar surface area (TPSA) is 44.7 Å². The maximum absolute atomic E-state index is 9.99. The largest absolute Gasteiger partial charge is 0.508 e. The minimum absolute atomic E-state index is 0.172. The molecule has 2 N–H and O–H groups in total. The summed E-state index contributed by atoms with van der Waals surface area (Å²) in [4.78, 5) is 2.23. The standard InChI is InChI=1S/C15H24N2O2/c1-11-4-5-15(18)14(8-11)12(2)17(3)10-13-9-16-6-7-19-13/h4-5,8,12-13,16,18H,6-7,9-10H2,1-3H3. The van der Waals surface area contributed by atoms with E-state index < -0.39 is 0 Å². The van der Waals surface area contributed by atoms with Crippen molar-refractivity contribution in [3.8, 4) is 5.75 Å². The second-order valence-electron chi connectivity index (χ2n) is 5.37. The van der Waals surface area contributed by atoms with Gasteiger partial charge in [-0.2, -0.15) is 0 Å². The monoisotopic (exact) mass is 264 g/mol. The number of rotatable bonds is 4. The number of phenols is 1. The van der Waals surface area contributed by atoms with Crippen molar-refractivity contribution in [3.63, 3.8) is 0 Å². The number of phenolic OH excluding ortho intramolecular Hbond substituents is 1. The Morgan fingerprint density at radius 3 is 3.00 bits per heavy atom. The van der Waals surface area contributed by atoms with Gasteiger partial charge in [-0.1, -0.05) is 17.7 Å². The number of hydrogen-bond donors (Lipinski definition) is 2. The highest BCUT2D eigenvalue weighted by Gasteiger charge is 2.21. The van der Waals surface area contributed by atoms with Crippen molar-refractivity contribution in [3.05, 3.63) is 29.3 Å². The van der Waals surface area contributed by atoms with Gasteiger partial charge in [-0.15, -0.1) is 0 Å². The number of benzene rings is 1. The third-order valence-corrected chi connectivity index (χ3v) is 3.79. The quantitative estimate of drug-likeness (QED) is 0.868. The van der Waals surface area contributed by atoms with E-state index in [1.165, 1.54) is 5.56 Å². The molecule has 0 amide bonds.